The average molecular weight is 340 g/mol. The lowest BCUT2D eigenvalue weighted by Crippen LogP contribution is -2.40. The van der Waals surface area contributed by atoms with E-state index in [0.29, 0.717) is 11.8 Å². The number of carbonyl (C=O) groups is 1. The third kappa shape index (κ3) is 2.39. The van der Waals surface area contributed by atoms with E-state index in [-0.39, 0.29) is 11.5 Å². The first-order chi connectivity index (χ1) is 11.8. The van der Waals surface area contributed by atoms with Crippen LogP contribution in [0, 0.1) is 18.3 Å². The molecule has 0 saturated heterocycles. The molecule has 0 amide bonds. The molecule has 1 fully saturated rings. The molecule has 0 bridgehead atoms. The fraction of sp³-hybridized carbons (Fsp3) is 0.591. The van der Waals surface area contributed by atoms with Gasteiger partial charge in [-0.25, -0.2) is 0 Å². The molecule has 0 aromatic heterocycles. The summed E-state index contributed by atoms with van der Waals surface area (Å²) in [7, 11) is 0. The molecule has 0 heterocycles. The molecule has 25 heavy (non-hydrogen) atoms. The van der Waals surface area contributed by atoms with Gasteiger partial charge in [0.1, 0.15) is 0 Å². The van der Waals surface area contributed by atoms with Crippen LogP contribution in [0.2, 0.25) is 0 Å². The van der Waals surface area contributed by atoms with E-state index >= 15 is 0 Å². The first-order valence-electron chi connectivity index (χ1n) is 9.55. The number of aliphatic carboxylic acids is 1. The molecule has 3 nitrogen and oxygen atoms in total. The molecule has 3 heteroatoms. The number of fused-ring (bicyclic) bond motifs is 5. The van der Waals surface area contributed by atoms with Crippen molar-refractivity contribution in [3.8, 4) is 0 Å². The number of hydrogen-bond donors (Lipinski definition) is 2. The summed E-state index contributed by atoms with van der Waals surface area (Å²) < 4.78 is 0. The van der Waals surface area contributed by atoms with Gasteiger partial charge >= 0.3 is 5.97 Å². The standard InChI is InChI=1S/C22H28O3/c1-12-16(13(2)21(24)25)6-7-17-18-5-4-14-10-15(23)8-9-22(14,3)20(18)11-19(12)17/h4,6-7,13,15,18,20,23H,5,8-11H2,1-3H3,(H,24,25)/t13-,15-,18?,20?,22-/m0/s1. The molecule has 2 N–H and O–H groups in total. The fourth-order valence-electron chi connectivity index (χ4n) is 5.78. The number of carboxylic acids is 1. The van der Waals surface area contributed by atoms with Crippen LogP contribution in [0.1, 0.15) is 73.6 Å². The van der Waals surface area contributed by atoms with E-state index in [1.54, 1.807) is 6.92 Å². The van der Waals surface area contributed by atoms with Crippen molar-refractivity contribution in [2.24, 2.45) is 11.3 Å². The van der Waals surface area contributed by atoms with E-state index < -0.39 is 11.9 Å². The Bertz CT molecular complexity index is 763. The second kappa shape index (κ2) is 5.70. The monoisotopic (exact) mass is 340 g/mol. The third-order valence-corrected chi connectivity index (χ3v) is 7.45. The summed E-state index contributed by atoms with van der Waals surface area (Å²) in [5.74, 6) is -0.0753. The molecule has 134 valence electrons. The number of allylic oxidation sites excluding steroid dienone is 1. The predicted octanol–water partition coefficient (Wildman–Crippen LogP) is 4.32. The van der Waals surface area contributed by atoms with Crippen LogP contribution in [0.25, 0.3) is 0 Å². The van der Waals surface area contributed by atoms with E-state index in [4.69, 9.17) is 0 Å². The average Bonchev–Trinajstić information content (AvgIpc) is 2.96. The number of aliphatic hydroxyl groups is 1. The van der Waals surface area contributed by atoms with E-state index in [2.05, 4.69) is 26.0 Å². The molecule has 1 aromatic carbocycles. The molecule has 2 unspecified atom stereocenters. The van der Waals surface area contributed by atoms with E-state index in [1.165, 1.54) is 22.3 Å². The highest BCUT2D eigenvalue weighted by Crippen LogP contribution is 2.59. The molecule has 0 aliphatic heterocycles. The first-order valence-corrected chi connectivity index (χ1v) is 9.55. The van der Waals surface area contributed by atoms with Crippen molar-refractivity contribution >= 4 is 5.97 Å². The minimum atomic E-state index is -0.754. The van der Waals surface area contributed by atoms with Gasteiger partial charge in [0.05, 0.1) is 12.0 Å². The smallest absolute Gasteiger partial charge is 0.310 e. The molecule has 1 aromatic rings. The Morgan fingerprint density at radius 2 is 2.08 bits per heavy atom. The van der Waals surface area contributed by atoms with Gasteiger partial charge in [0, 0.05) is 0 Å². The molecule has 1 saturated carbocycles. The number of benzene rings is 1. The minimum absolute atomic E-state index is 0.176. The fourth-order valence-corrected chi connectivity index (χ4v) is 5.78. The molecule has 3 aliphatic carbocycles. The minimum Gasteiger partial charge on any atom is -0.481 e. The lowest BCUT2D eigenvalue weighted by molar-refractivity contribution is -0.138. The highest BCUT2D eigenvalue weighted by molar-refractivity contribution is 5.76. The zero-order chi connectivity index (χ0) is 17.9. The van der Waals surface area contributed by atoms with Gasteiger partial charge in [0.25, 0.3) is 0 Å². The van der Waals surface area contributed by atoms with Crippen LogP contribution in [0.3, 0.4) is 0 Å². The van der Waals surface area contributed by atoms with Crippen LogP contribution in [0.15, 0.2) is 23.8 Å². The Balaban J connectivity index is 1.73. The van der Waals surface area contributed by atoms with Gasteiger partial charge in [0.2, 0.25) is 0 Å². The van der Waals surface area contributed by atoms with Crippen LogP contribution in [0.5, 0.6) is 0 Å². The highest BCUT2D eigenvalue weighted by atomic mass is 16.4. The summed E-state index contributed by atoms with van der Waals surface area (Å²) in [6.45, 7) is 6.28. The van der Waals surface area contributed by atoms with Crippen molar-refractivity contribution < 1.29 is 15.0 Å². The largest absolute Gasteiger partial charge is 0.481 e. The summed E-state index contributed by atoms with van der Waals surface area (Å²) in [5.41, 5.74) is 6.61. The predicted molar refractivity (Wildman–Crippen MR) is 97.8 cm³/mol. The molecular formula is C22H28O3. The lowest BCUT2D eigenvalue weighted by atomic mass is 9.57. The summed E-state index contributed by atoms with van der Waals surface area (Å²) in [4.78, 5) is 11.4. The Labute approximate surface area is 149 Å². The number of carboxylic acid groups (broad SMARTS) is 1. The first kappa shape index (κ1) is 16.8. The lowest BCUT2D eigenvalue weighted by Gasteiger charge is -2.48. The van der Waals surface area contributed by atoms with Crippen molar-refractivity contribution in [1.82, 2.24) is 0 Å². The van der Waals surface area contributed by atoms with Gasteiger partial charge in [-0.15, -0.1) is 0 Å². The maximum atomic E-state index is 11.4. The maximum absolute atomic E-state index is 11.4. The zero-order valence-electron chi connectivity index (χ0n) is 15.4. The van der Waals surface area contributed by atoms with Crippen molar-refractivity contribution in [1.29, 1.82) is 0 Å². The Morgan fingerprint density at radius 3 is 2.80 bits per heavy atom. The van der Waals surface area contributed by atoms with Crippen LogP contribution < -0.4 is 0 Å². The number of rotatable bonds is 2. The highest BCUT2D eigenvalue weighted by Gasteiger charge is 2.50. The molecule has 4 rings (SSSR count). The summed E-state index contributed by atoms with van der Waals surface area (Å²) in [5, 5.41) is 19.5. The number of aliphatic hydroxyl groups excluding tert-OH is 1. The van der Waals surface area contributed by atoms with Gasteiger partial charge in [-0.1, -0.05) is 30.7 Å². The Morgan fingerprint density at radius 1 is 1.32 bits per heavy atom. The van der Waals surface area contributed by atoms with Gasteiger partial charge in [-0.05, 0) is 85.5 Å². The topological polar surface area (TPSA) is 57.5 Å². The summed E-state index contributed by atoms with van der Waals surface area (Å²) >= 11 is 0. The second-order valence-corrected chi connectivity index (χ2v) is 8.60. The van der Waals surface area contributed by atoms with Gasteiger partial charge < -0.3 is 10.2 Å². The van der Waals surface area contributed by atoms with Crippen molar-refractivity contribution in [3.05, 3.63) is 46.0 Å². The molecular weight excluding hydrogens is 312 g/mol. The Hall–Kier alpha value is -1.61. The molecule has 5 atom stereocenters. The van der Waals surface area contributed by atoms with Crippen LogP contribution >= 0.6 is 0 Å². The Kier molecular flexibility index (Phi) is 3.84. The quantitative estimate of drug-likeness (QED) is 0.788. The molecule has 0 spiro atoms. The van der Waals surface area contributed by atoms with Gasteiger partial charge in [-0.3, -0.25) is 4.79 Å². The van der Waals surface area contributed by atoms with E-state index in [1.807, 2.05) is 6.07 Å². The van der Waals surface area contributed by atoms with Crippen LogP contribution in [-0.4, -0.2) is 22.3 Å². The van der Waals surface area contributed by atoms with Crippen molar-refractivity contribution in [2.75, 3.05) is 0 Å². The third-order valence-electron chi connectivity index (χ3n) is 7.45. The normalized spacial score (nSPS) is 34.6. The summed E-state index contributed by atoms with van der Waals surface area (Å²) in [6, 6.07) is 4.24. The summed E-state index contributed by atoms with van der Waals surface area (Å²) in [6.07, 6.45) is 7.11. The SMILES string of the molecule is Cc1c([C@H](C)C(=O)O)ccc2c1CC1C2CC=C2C[C@@H](O)CC[C@@]21C. The van der Waals surface area contributed by atoms with Gasteiger partial charge in [-0.2, -0.15) is 0 Å². The van der Waals surface area contributed by atoms with Gasteiger partial charge in [0.15, 0.2) is 0 Å². The second-order valence-electron chi connectivity index (χ2n) is 8.60. The number of hydrogen-bond acceptors (Lipinski definition) is 2. The van der Waals surface area contributed by atoms with E-state index in [0.717, 1.165) is 37.7 Å². The zero-order valence-corrected chi connectivity index (χ0v) is 15.4. The molecule has 3 aliphatic rings. The van der Waals surface area contributed by atoms with E-state index in [9.17, 15) is 15.0 Å². The van der Waals surface area contributed by atoms with Crippen molar-refractivity contribution in [2.45, 2.75) is 70.8 Å². The molecule has 0 radical (unpaired) electrons. The van der Waals surface area contributed by atoms with Crippen molar-refractivity contribution in [3.63, 3.8) is 0 Å². The van der Waals surface area contributed by atoms with Crippen LogP contribution in [0.4, 0.5) is 0 Å². The maximum Gasteiger partial charge on any atom is 0.310 e. The van der Waals surface area contributed by atoms with Crippen LogP contribution in [-0.2, 0) is 11.2 Å².